The van der Waals surface area contributed by atoms with Crippen molar-refractivity contribution < 1.29 is 69.0 Å². The normalized spacial score (nSPS) is 50.6. The minimum atomic E-state index is -2.08. The maximum absolute atomic E-state index is 11.4. The summed E-state index contributed by atoms with van der Waals surface area (Å²) in [6.07, 6.45) is -17.3. The molecular formula is C15H22O14. The zero-order valence-electron chi connectivity index (χ0n) is 15.0. The van der Waals surface area contributed by atoms with Crippen molar-refractivity contribution >= 4 is 11.9 Å². The van der Waals surface area contributed by atoms with Crippen molar-refractivity contribution in [1.82, 2.24) is 0 Å². The molecule has 3 saturated heterocycles. The van der Waals surface area contributed by atoms with E-state index in [2.05, 4.69) is 0 Å². The van der Waals surface area contributed by atoms with Gasteiger partial charge in [0.25, 0.3) is 5.79 Å². The number of fused-ring (bicyclic) bond motifs is 1. The van der Waals surface area contributed by atoms with Gasteiger partial charge < -0.3 is 59.4 Å². The van der Waals surface area contributed by atoms with Crippen molar-refractivity contribution in [2.45, 2.75) is 74.1 Å². The number of hydrogen-bond donors (Lipinski definition) is 7. The summed E-state index contributed by atoms with van der Waals surface area (Å²) in [6.45, 7) is 0.734. The van der Waals surface area contributed by atoms with Gasteiger partial charge >= 0.3 is 11.9 Å². The summed E-state index contributed by atoms with van der Waals surface area (Å²) in [7, 11) is 0. The molecular weight excluding hydrogens is 404 g/mol. The van der Waals surface area contributed by atoms with Crippen LogP contribution in [0.1, 0.15) is 6.92 Å². The van der Waals surface area contributed by atoms with Crippen LogP contribution in [0.2, 0.25) is 0 Å². The Morgan fingerprint density at radius 2 is 1.62 bits per heavy atom. The van der Waals surface area contributed by atoms with Crippen LogP contribution in [0, 0.1) is 0 Å². The number of ether oxygens (including phenoxy) is 5. The lowest BCUT2D eigenvalue weighted by Crippen LogP contribution is -2.68. The predicted molar refractivity (Wildman–Crippen MR) is 82.9 cm³/mol. The van der Waals surface area contributed by atoms with Crippen molar-refractivity contribution in [3.63, 3.8) is 0 Å². The van der Waals surface area contributed by atoms with Crippen LogP contribution in [0.5, 0.6) is 0 Å². The van der Waals surface area contributed by atoms with Crippen LogP contribution in [0.25, 0.3) is 0 Å². The Kier molecular flexibility index (Phi) is 6.13. The molecule has 0 aliphatic carbocycles. The van der Waals surface area contributed by atoms with Crippen LogP contribution in [-0.4, -0.2) is 121 Å². The molecule has 0 spiro atoms. The molecule has 0 aromatic carbocycles. The van der Waals surface area contributed by atoms with Gasteiger partial charge in [-0.15, -0.1) is 0 Å². The fourth-order valence-electron chi connectivity index (χ4n) is 3.30. The maximum Gasteiger partial charge on any atom is 0.364 e. The van der Waals surface area contributed by atoms with Crippen LogP contribution in [0.15, 0.2) is 0 Å². The highest BCUT2D eigenvalue weighted by Crippen LogP contribution is 2.34. The van der Waals surface area contributed by atoms with E-state index in [0.717, 1.165) is 6.92 Å². The van der Waals surface area contributed by atoms with Crippen molar-refractivity contribution in [2.24, 2.45) is 0 Å². The van der Waals surface area contributed by atoms with Crippen molar-refractivity contribution in [1.29, 1.82) is 0 Å². The SMILES string of the molecule is C[C@]1(C(=O)O)OC[C@H]2O[C@@H](O[C@H]3[C@H](O)[C@@H](O)[C@H](O)O[C@@H]3C(=O)O)[C@@H](O)[C@@H](O)[C@@H]2O1. The van der Waals surface area contributed by atoms with Gasteiger partial charge in [0.2, 0.25) is 0 Å². The molecule has 14 heteroatoms. The Morgan fingerprint density at radius 1 is 0.966 bits per heavy atom. The molecule has 0 aromatic heterocycles. The Balaban J connectivity index is 1.75. The number of aliphatic hydroxyl groups is 5. The van der Waals surface area contributed by atoms with E-state index in [1.165, 1.54) is 0 Å². The van der Waals surface area contributed by atoms with Crippen LogP contribution in [0.4, 0.5) is 0 Å². The van der Waals surface area contributed by atoms with E-state index >= 15 is 0 Å². The summed E-state index contributed by atoms with van der Waals surface area (Å²) in [5, 5.41) is 68.3. The van der Waals surface area contributed by atoms with E-state index in [1.807, 2.05) is 0 Å². The largest absolute Gasteiger partial charge is 0.479 e. The first-order valence-corrected chi connectivity index (χ1v) is 8.61. The van der Waals surface area contributed by atoms with Gasteiger partial charge in [-0.3, -0.25) is 0 Å². The van der Waals surface area contributed by atoms with E-state index in [0.29, 0.717) is 0 Å². The predicted octanol–water partition coefficient (Wildman–Crippen LogP) is -4.44. The van der Waals surface area contributed by atoms with Gasteiger partial charge in [0.05, 0.1) is 6.61 Å². The molecule has 3 heterocycles. The topological polar surface area (TPSA) is 222 Å². The van der Waals surface area contributed by atoms with E-state index in [-0.39, 0.29) is 6.61 Å². The lowest BCUT2D eigenvalue weighted by atomic mass is 9.96. The molecule has 0 unspecified atom stereocenters. The van der Waals surface area contributed by atoms with Crippen LogP contribution in [0.3, 0.4) is 0 Å². The van der Waals surface area contributed by atoms with E-state index < -0.39 is 79.1 Å². The Hall–Kier alpha value is -1.46. The molecule has 3 rings (SSSR count). The summed E-state index contributed by atoms with van der Waals surface area (Å²) in [5.41, 5.74) is 0. The molecule has 3 aliphatic rings. The first kappa shape index (κ1) is 22.2. The molecule has 11 atom stereocenters. The minimum Gasteiger partial charge on any atom is -0.479 e. The Morgan fingerprint density at radius 3 is 2.21 bits per heavy atom. The van der Waals surface area contributed by atoms with Gasteiger partial charge in [-0.25, -0.2) is 9.59 Å². The smallest absolute Gasteiger partial charge is 0.364 e. The average molecular weight is 426 g/mol. The molecule has 29 heavy (non-hydrogen) atoms. The lowest BCUT2D eigenvalue weighted by molar-refractivity contribution is -0.393. The van der Waals surface area contributed by atoms with E-state index in [9.17, 15) is 40.2 Å². The molecule has 166 valence electrons. The molecule has 0 aromatic rings. The number of carboxylic acids is 2. The quantitative estimate of drug-likeness (QED) is 0.225. The van der Waals surface area contributed by atoms with E-state index in [1.54, 1.807) is 0 Å². The molecule has 3 aliphatic heterocycles. The summed E-state index contributed by atoms with van der Waals surface area (Å²) in [5.74, 6) is -5.18. The zero-order chi connectivity index (χ0) is 21.7. The number of carbonyl (C=O) groups is 2. The van der Waals surface area contributed by atoms with Crippen LogP contribution in [-0.2, 0) is 33.3 Å². The highest BCUT2D eigenvalue weighted by molar-refractivity contribution is 5.75. The third-order valence-corrected chi connectivity index (χ3v) is 5.01. The Labute approximate surface area is 162 Å². The number of aliphatic carboxylic acids is 2. The summed E-state index contributed by atoms with van der Waals surface area (Å²) < 4.78 is 25.7. The maximum atomic E-state index is 11.4. The fourth-order valence-corrected chi connectivity index (χ4v) is 3.30. The average Bonchev–Trinajstić information content (AvgIpc) is 2.66. The van der Waals surface area contributed by atoms with Gasteiger partial charge in [0.1, 0.15) is 42.7 Å². The van der Waals surface area contributed by atoms with Gasteiger partial charge in [-0.1, -0.05) is 0 Å². The molecule has 7 N–H and O–H groups in total. The number of hydrogen-bond acceptors (Lipinski definition) is 12. The first-order chi connectivity index (χ1) is 13.5. The molecule has 14 nitrogen and oxygen atoms in total. The second kappa shape index (κ2) is 7.99. The first-order valence-electron chi connectivity index (χ1n) is 8.61. The van der Waals surface area contributed by atoms with Crippen LogP contribution < -0.4 is 0 Å². The van der Waals surface area contributed by atoms with Gasteiger partial charge in [0, 0.05) is 6.92 Å². The zero-order valence-corrected chi connectivity index (χ0v) is 15.0. The second-order valence-corrected chi connectivity index (χ2v) is 7.04. The van der Waals surface area contributed by atoms with Crippen molar-refractivity contribution in [3.05, 3.63) is 0 Å². The molecule has 0 amide bonds. The molecule has 0 bridgehead atoms. The minimum absolute atomic E-state index is 0.371. The molecule has 0 radical (unpaired) electrons. The number of rotatable bonds is 4. The molecule has 0 saturated carbocycles. The number of carboxylic acid groups (broad SMARTS) is 2. The highest BCUT2D eigenvalue weighted by Gasteiger charge is 2.56. The molecule has 3 fully saturated rings. The number of aliphatic hydroxyl groups excluding tert-OH is 5. The monoisotopic (exact) mass is 426 g/mol. The summed E-state index contributed by atoms with van der Waals surface area (Å²) in [4.78, 5) is 22.6. The van der Waals surface area contributed by atoms with Crippen molar-refractivity contribution in [3.8, 4) is 0 Å². The second-order valence-electron chi connectivity index (χ2n) is 7.04. The third kappa shape index (κ3) is 3.96. The highest BCUT2D eigenvalue weighted by atomic mass is 16.8. The lowest BCUT2D eigenvalue weighted by Gasteiger charge is -2.49. The van der Waals surface area contributed by atoms with Gasteiger partial charge in [0.15, 0.2) is 18.7 Å². The summed E-state index contributed by atoms with van der Waals surface area (Å²) in [6, 6.07) is 0. The summed E-state index contributed by atoms with van der Waals surface area (Å²) >= 11 is 0. The van der Waals surface area contributed by atoms with Gasteiger partial charge in [-0.2, -0.15) is 0 Å². The Bertz CT molecular complexity index is 641. The fraction of sp³-hybridized carbons (Fsp3) is 0.867. The van der Waals surface area contributed by atoms with Gasteiger partial charge in [-0.05, 0) is 0 Å². The van der Waals surface area contributed by atoms with Crippen molar-refractivity contribution in [2.75, 3.05) is 6.61 Å². The van der Waals surface area contributed by atoms with E-state index in [4.69, 9.17) is 28.8 Å². The van der Waals surface area contributed by atoms with Crippen LogP contribution >= 0.6 is 0 Å². The standard InChI is InChI=1S/C15H22O14/c1-15(14(23)24)25-2-3-8(29-15)5(17)7(19)13(26-3)28-9-4(16)6(18)12(22)27-10(9)11(20)21/h3-10,12-13,16-19,22H,2H2,1H3,(H,20,21)(H,23,24)/t3-,4-,5-,6-,7+,8-,9+,10+,12-,13+,15+/m1/s1. The third-order valence-electron chi connectivity index (χ3n) is 5.01.